The maximum atomic E-state index is 13.0. The Morgan fingerprint density at radius 1 is 1.16 bits per heavy atom. The fourth-order valence-corrected chi connectivity index (χ4v) is 4.98. The number of rotatable bonds is 7. The highest BCUT2D eigenvalue weighted by Gasteiger charge is 2.27. The summed E-state index contributed by atoms with van der Waals surface area (Å²) in [7, 11) is 0. The van der Waals surface area contributed by atoms with Gasteiger partial charge in [-0.1, -0.05) is 42.5 Å². The van der Waals surface area contributed by atoms with Crippen LogP contribution in [-0.4, -0.2) is 36.3 Å². The molecular weight excluding hydrogens is 482 g/mol. The molecule has 3 aromatic heterocycles. The monoisotopic (exact) mass is 509 g/mol. The van der Waals surface area contributed by atoms with Crippen LogP contribution in [0.15, 0.2) is 88.6 Å². The van der Waals surface area contributed by atoms with E-state index >= 15 is 0 Å². The zero-order valence-corrected chi connectivity index (χ0v) is 21.0. The number of pyridine rings is 1. The summed E-state index contributed by atoms with van der Waals surface area (Å²) in [4.78, 5) is 17.6. The second-order valence-electron chi connectivity index (χ2n) is 9.76. The van der Waals surface area contributed by atoms with Gasteiger partial charge in [-0.3, -0.25) is 9.48 Å². The summed E-state index contributed by atoms with van der Waals surface area (Å²) in [5, 5.41) is 25.4. The number of aliphatic hydroxyl groups excluding tert-OH is 1. The lowest BCUT2D eigenvalue weighted by Crippen LogP contribution is -2.36. The summed E-state index contributed by atoms with van der Waals surface area (Å²) < 4.78 is 9.25. The number of allylic oxidation sites excluding steroid dienone is 2. The van der Waals surface area contributed by atoms with Gasteiger partial charge in [-0.05, 0) is 37.6 Å². The van der Waals surface area contributed by atoms with Crippen molar-refractivity contribution in [2.24, 2.45) is 0 Å². The average Bonchev–Trinajstić information content (AvgIpc) is 3.55. The number of nitrogens with one attached hydrogen (secondary N) is 2. The molecule has 0 spiro atoms. The molecular formula is C28H27N7O3. The van der Waals surface area contributed by atoms with E-state index in [1.807, 2.05) is 65.4 Å². The molecule has 0 unspecified atom stereocenters. The van der Waals surface area contributed by atoms with E-state index in [1.54, 1.807) is 10.9 Å². The van der Waals surface area contributed by atoms with Crippen LogP contribution < -0.4 is 16.2 Å². The van der Waals surface area contributed by atoms with Crippen LogP contribution in [0.4, 0.5) is 17.2 Å². The maximum Gasteiger partial charge on any atom is 0.274 e. The molecule has 4 heterocycles. The first-order valence-electron chi connectivity index (χ1n) is 12.3. The summed E-state index contributed by atoms with van der Waals surface area (Å²) in [5.41, 5.74) is 3.50. The summed E-state index contributed by atoms with van der Waals surface area (Å²) in [6, 6.07) is 16.9. The Morgan fingerprint density at radius 2 is 2.00 bits per heavy atom. The Bertz CT molecular complexity index is 1690. The molecule has 0 radical (unpaired) electrons. The minimum absolute atomic E-state index is 0.00606. The molecule has 0 saturated carbocycles. The van der Waals surface area contributed by atoms with Crippen molar-refractivity contribution in [2.45, 2.75) is 32.0 Å². The van der Waals surface area contributed by atoms with Gasteiger partial charge in [0.1, 0.15) is 5.82 Å². The van der Waals surface area contributed by atoms with Crippen molar-refractivity contribution in [3.05, 3.63) is 95.3 Å². The number of aromatic nitrogens is 5. The number of nitrogens with zero attached hydrogens (tertiary/aromatic N) is 5. The molecule has 1 atom stereocenters. The highest BCUT2D eigenvalue weighted by Crippen LogP contribution is 2.33. The Kier molecular flexibility index (Phi) is 5.80. The molecule has 0 saturated heterocycles. The molecule has 0 aliphatic carbocycles. The van der Waals surface area contributed by atoms with Crippen LogP contribution >= 0.6 is 0 Å². The third-order valence-electron chi connectivity index (χ3n) is 6.76. The third kappa shape index (κ3) is 4.14. The van der Waals surface area contributed by atoms with E-state index in [4.69, 9.17) is 4.42 Å². The number of aliphatic hydroxyl groups is 1. The fraction of sp³-hybridized carbons (Fsp3) is 0.214. The number of hydrogen-bond donors (Lipinski definition) is 3. The SMILES string of the molecule is CC1(C)C=CCn2c(=O)c3ccc(Nc4cc(N[C@H](CO)c5ccccc5)c(-c5nnco5)cn4)cc3n21. The molecule has 3 N–H and O–H groups in total. The van der Waals surface area contributed by atoms with E-state index in [1.165, 1.54) is 6.39 Å². The van der Waals surface area contributed by atoms with E-state index in [0.29, 0.717) is 34.9 Å². The van der Waals surface area contributed by atoms with Crippen molar-refractivity contribution in [3.63, 3.8) is 0 Å². The maximum absolute atomic E-state index is 13.0. The molecule has 5 aromatic rings. The minimum atomic E-state index is -0.362. The number of hydrogen-bond acceptors (Lipinski definition) is 8. The summed E-state index contributed by atoms with van der Waals surface area (Å²) in [6.45, 7) is 4.59. The first kappa shape index (κ1) is 23.7. The normalized spacial score (nSPS) is 14.8. The second-order valence-corrected chi connectivity index (χ2v) is 9.76. The van der Waals surface area contributed by atoms with Crippen molar-refractivity contribution in [3.8, 4) is 11.5 Å². The van der Waals surface area contributed by atoms with E-state index in [2.05, 4.69) is 45.7 Å². The molecule has 1 aliphatic rings. The number of benzene rings is 2. The van der Waals surface area contributed by atoms with Crippen LogP contribution in [0.5, 0.6) is 0 Å². The van der Waals surface area contributed by atoms with Gasteiger partial charge < -0.3 is 20.2 Å². The Morgan fingerprint density at radius 3 is 2.76 bits per heavy atom. The molecule has 0 fully saturated rings. The Balaban J connectivity index is 1.38. The molecule has 1 aliphatic heterocycles. The molecule has 0 bridgehead atoms. The van der Waals surface area contributed by atoms with E-state index in [9.17, 15) is 9.90 Å². The molecule has 0 amide bonds. The highest BCUT2D eigenvalue weighted by atomic mass is 16.4. The van der Waals surface area contributed by atoms with Crippen molar-refractivity contribution in [2.75, 3.05) is 17.2 Å². The summed E-state index contributed by atoms with van der Waals surface area (Å²) >= 11 is 0. The van der Waals surface area contributed by atoms with E-state index in [-0.39, 0.29) is 23.7 Å². The Hall–Kier alpha value is -4.70. The van der Waals surface area contributed by atoms with Crippen LogP contribution in [-0.2, 0) is 12.1 Å². The van der Waals surface area contributed by atoms with Gasteiger partial charge >= 0.3 is 0 Å². The lowest BCUT2D eigenvalue weighted by atomic mass is 10.0. The zero-order chi connectivity index (χ0) is 26.3. The van der Waals surface area contributed by atoms with Crippen molar-refractivity contribution >= 4 is 28.1 Å². The number of anilines is 3. The zero-order valence-electron chi connectivity index (χ0n) is 21.0. The second kappa shape index (κ2) is 9.31. The third-order valence-corrected chi connectivity index (χ3v) is 6.76. The van der Waals surface area contributed by atoms with E-state index in [0.717, 1.165) is 16.8 Å². The van der Waals surface area contributed by atoms with Gasteiger partial charge in [0, 0.05) is 18.0 Å². The predicted octanol–water partition coefficient (Wildman–Crippen LogP) is 4.44. The van der Waals surface area contributed by atoms with Crippen molar-refractivity contribution in [1.82, 2.24) is 24.5 Å². The van der Waals surface area contributed by atoms with Crippen molar-refractivity contribution < 1.29 is 9.52 Å². The molecule has 10 heteroatoms. The number of fused-ring (bicyclic) bond motifs is 3. The van der Waals surface area contributed by atoms with Gasteiger partial charge in [-0.25, -0.2) is 9.67 Å². The molecule has 2 aromatic carbocycles. The summed E-state index contributed by atoms with van der Waals surface area (Å²) in [5.74, 6) is 0.882. The lowest BCUT2D eigenvalue weighted by molar-refractivity contribution is 0.276. The highest BCUT2D eigenvalue weighted by molar-refractivity contribution is 5.84. The van der Waals surface area contributed by atoms with Crippen LogP contribution in [0.1, 0.15) is 25.5 Å². The first-order valence-corrected chi connectivity index (χ1v) is 12.3. The lowest BCUT2D eigenvalue weighted by Gasteiger charge is -2.30. The minimum Gasteiger partial charge on any atom is -0.423 e. The van der Waals surface area contributed by atoms with Gasteiger partial charge in [-0.2, -0.15) is 0 Å². The van der Waals surface area contributed by atoms with Crippen molar-refractivity contribution in [1.29, 1.82) is 0 Å². The standard InChI is InChI=1S/C28H27N7O3/c1-28(2)11-6-12-34-27(37)20-10-9-19(13-24(20)35(28)34)31-25-14-22(21(15-29-25)26-33-30-17-38-26)32-23(16-36)18-7-4-3-5-8-18/h3-11,13-15,17,23,36H,12,16H2,1-2H3,(H2,29,31,32)/t23-/m1/s1. The smallest absolute Gasteiger partial charge is 0.274 e. The molecule has 10 nitrogen and oxygen atoms in total. The van der Waals surface area contributed by atoms with Crippen LogP contribution in [0.25, 0.3) is 22.4 Å². The Labute approximate surface area is 218 Å². The quantitative estimate of drug-likeness (QED) is 0.275. The van der Waals surface area contributed by atoms with Gasteiger partial charge in [0.15, 0.2) is 0 Å². The van der Waals surface area contributed by atoms with Gasteiger partial charge in [0.25, 0.3) is 11.4 Å². The van der Waals surface area contributed by atoms with Crippen LogP contribution in [0.2, 0.25) is 0 Å². The topological polar surface area (TPSA) is 123 Å². The average molecular weight is 510 g/mol. The molecule has 192 valence electrons. The van der Waals surface area contributed by atoms with Crippen LogP contribution in [0.3, 0.4) is 0 Å². The molecule has 6 rings (SSSR count). The summed E-state index contributed by atoms with van der Waals surface area (Å²) in [6.07, 6.45) is 7.05. The van der Waals surface area contributed by atoms with Gasteiger partial charge in [0.2, 0.25) is 6.39 Å². The largest absolute Gasteiger partial charge is 0.423 e. The predicted molar refractivity (Wildman–Crippen MR) is 145 cm³/mol. The van der Waals surface area contributed by atoms with Gasteiger partial charge in [0.05, 0.1) is 46.9 Å². The molecule has 38 heavy (non-hydrogen) atoms. The fourth-order valence-electron chi connectivity index (χ4n) is 4.98. The van der Waals surface area contributed by atoms with Gasteiger partial charge in [-0.15, -0.1) is 10.2 Å². The van der Waals surface area contributed by atoms with Crippen LogP contribution in [0, 0.1) is 0 Å². The first-order chi connectivity index (χ1) is 18.4. The van der Waals surface area contributed by atoms with E-state index < -0.39 is 0 Å².